The van der Waals surface area contributed by atoms with Gasteiger partial charge >= 0.3 is 0 Å². The van der Waals surface area contributed by atoms with E-state index in [1.165, 1.54) is 0 Å². The van der Waals surface area contributed by atoms with Gasteiger partial charge in [0.1, 0.15) is 5.75 Å². The Morgan fingerprint density at radius 3 is 2.65 bits per heavy atom. The SMILES string of the molecule is CC[C@H](Oc1ccc(Cl)c(C)c1)C(=O)Nc1ccccc1C(=O)NCc1cccnc1. The number of halogens is 1. The number of hydrogen-bond acceptors (Lipinski definition) is 4. The van der Waals surface area contributed by atoms with Crippen molar-refractivity contribution in [1.29, 1.82) is 0 Å². The predicted octanol–water partition coefficient (Wildman–Crippen LogP) is 4.77. The van der Waals surface area contributed by atoms with Gasteiger partial charge in [0.05, 0.1) is 11.3 Å². The van der Waals surface area contributed by atoms with Crippen LogP contribution in [-0.2, 0) is 11.3 Å². The third-order valence-electron chi connectivity index (χ3n) is 4.68. The zero-order chi connectivity index (χ0) is 22.2. The highest BCUT2D eigenvalue weighted by Crippen LogP contribution is 2.23. The van der Waals surface area contributed by atoms with E-state index in [4.69, 9.17) is 16.3 Å². The van der Waals surface area contributed by atoms with Gasteiger partial charge < -0.3 is 15.4 Å². The van der Waals surface area contributed by atoms with E-state index < -0.39 is 6.10 Å². The lowest BCUT2D eigenvalue weighted by Crippen LogP contribution is -2.33. The smallest absolute Gasteiger partial charge is 0.265 e. The maximum atomic E-state index is 12.9. The number of rotatable bonds is 8. The molecule has 0 aliphatic rings. The lowest BCUT2D eigenvalue weighted by Gasteiger charge is -2.19. The topological polar surface area (TPSA) is 80.3 Å². The van der Waals surface area contributed by atoms with Gasteiger partial charge in [0, 0.05) is 24.0 Å². The van der Waals surface area contributed by atoms with Gasteiger partial charge in [-0.05, 0) is 60.9 Å². The van der Waals surface area contributed by atoms with Crippen molar-refractivity contribution in [1.82, 2.24) is 10.3 Å². The molecule has 1 atom stereocenters. The Morgan fingerprint density at radius 1 is 1.13 bits per heavy atom. The highest BCUT2D eigenvalue weighted by molar-refractivity contribution is 6.31. The van der Waals surface area contributed by atoms with Gasteiger partial charge in [0.2, 0.25) is 0 Å². The summed E-state index contributed by atoms with van der Waals surface area (Å²) in [5, 5.41) is 6.31. The van der Waals surface area contributed by atoms with E-state index in [0.29, 0.717) is 35.0 Å². The fraction of sp³-hybridized carbons (Fsp3) is 0.208. The number of aryl methyl sites for hydroxylation is 1. The van der Waals surface area contributed by atoms with Crippen molar-refractivity contribution in [3.05, 3.63) is 88.7 Å². The number of pyridine rings is 1. The fourth-order valence-electron chi connectivity index (χ4n) is 2.96. The molecule has 31 heavy (non-hydrogen) atoms. The van der Waals surface area contributed by atoms with E-state index in [0.717, 1.165) is 11.1 Å². The third kappa shape index (κ3) is 6.06. The van der Waals surface area contributed by atoms with Crippen LogP contribution in [0.5, 0.6) is 5.75 Å². The van der Waals surface area contributed by atoms with Crippen molar-refractivity contribution in [2.24, 2.45) is 0 Å². The number of aromatic nitrogens is 1. The van der Waals surface area contributed by atoms with E-state index in [2.05, 4.69) is 15.6 Å². The second-order valence-electron chi connectivity index (χ2n) is 7.00. The van der Waals surface area contributed by atoms with Crippen molar-refractivity contribution >= 4 is 29.1 Å². The molecule has 6 nitrogen and oxygen atoms in total. The number of hydrogen-bond donors (Lipinski definition) is 2. The lowest BCUT2D eigenvalue weighted by molar-refractivity contribution is -0.122. The number of carbonyl (C=O) groups is 2. The standard InChI is InChI=1S/C24H24ClN3O3/c1-3-22(31-18-10-11-20(25)16(2)13-18)24(30)28-21-9-5-4-8-19(21)23(29)27-15-17-7-6-12-26-14-17/h4-14,22H,3,15H2,1-2H3,(H,27,29)(H,28,30)/t22-/m0/s1. The highest BCUT2D eigenvalue weighted by atomic mass is 35.5. The lowest BCUT2D eigenvalue weighted by atomic mass is 10.1. The first-order valence-electron chi connectivity index (χ1n) is 9.97. The van der Waals surface area contributed by atoms with Crippen LogP contribution < -0.4 is 15.4 Å². The molecule has 0 saturated carbocycles. The number of amides is 2. The predicted molar refractivity (Wildman–Crippen MR) is 121 cm³/mol. The molecule has 0 aliphatic carbocycles. The summed E-state index contributed by atoms with van der Waals surface area (Å²) in [4.78, 5) is 29.6. The van der Waals surface area contributed by atoms with Crippen LogP contribution in [0.2, 0.25) is 5.02 Å². The molecule has 0 aliphatic heterocycles. The van der Waals surface area contributed by atoms with E-state index in [-0.39, 0.29) is 11.8 Å². The average molecular weight is 438 g/mol. The fourth-order valence-corrected chi connectivity index (χ4v) is 3.08. The molecule has 0 spiro atoms. The van der Waals surface area contributed by atoms with Crippen molar-refractivity contribution in [2.75, 3.05) is 5.32 Å². The molecule has 0 radical (unpaired) electrons. The third-order valence-corrected chi connectivity index (χ3v) is 5.10. The Balaban J connectivity index is 1.68. The van der Waals surface area contributed by atoms with Gasteiger partial charge in [-0.3, -0.25) is 14.6 Å². The van der Waals surface area contributed by atoms with Crippen LogP contribution in [0.4, 0.5) is 5.69 Å². The van der Waals surface area contributed by atoms with Gasteiger partial charge in [-0.25, -0.2) is 0 Å². The van der Waals surface area contributed by atoms with Gasteiger partial charge in [-0.15, -0.1) is 0 Å². The van der Waals surface area contributed by atoms with Gasteiger partial charge in [0.25, 0.3) is 11.8 Å². The first kappa shape index (κ1) is 22.3. The molecule has 3 rings (SSSR count). The zero-order valence-corrected chi connectivity index (χ0v) is 18.1. The van der Waals surface area contributed by atoms with Gasteiger partial charge in [-0.1, -0.05) is 36.7 Å². The van der Waals surface area contributed by atoms with Crippen LogP contribution in [-0.4, -0.2) is 22.9 Å². The van der Waals surface area contributed by atoms with E-state index in [1.807, 2.05) is 26.0 Å². The number of carbonyl (C=O) groups excluding carboxylic acids is 2. The summed E-state index contributed by atoms with van der Waals surface area (Å²) in [6.45, 7) is 4.07. The Bertz CT molecular complexity index is 1060. The molecule has 0 unspecified atom stereocenters. The molecular formula is C24H24ClN3O3. The van der Waals surface area contributed by atoms with Crippen molar-refractivity contribution < 1.29 is 14.3 Å². The Hall–Kier alpha value is -3.38. The maximum absolute atomic E-state index is 12.9. The minimum Gasteiger partial charge on any atom is -0.481 e. The second kappa shape index (κ2) is 10.6. The Kier molecular flexibility index (Phi) is 7.62. The normalized spacial score (nSPS) is 11.5. The highest BCUT2D eigenvalue weighted by Gasteiger charge is 2.21. The molecule has 7 heteroatoms. The first-order chi connectivity index (χ1) is 15.0. The summed E-state index contributed by atoms with van der Waals surface area (Å²) in [5.41, 5.74) is 2.54. The van der Waals surface area contributed by atoms with Gasteiger partial charge in [-0.2, -0.15) is 0 Å². The molecule has 1 heterocycles. The van der Waals surface area contributed by atoms with Crippen LogP contribution in [0.15, 0.2) is 67.0 Å². The van der Waals surface area contributed by atoms with Crippen molar-refractivity contribution in [2.45, 2.75) is 32.9 Å². The number of benzene rings is 2. The molecule has 1 aromatic heterocycles. The van der Waals surface area contributed by atoms with Crippen LogP contribution in [0.25, 0.3) is 0 Å². The van der Waals surface area contributed by atoms with E-state index >= 15 is 0 Å². The first-order valence-corrected chi connectivity index (χ1v) is 10.4. The summed E-state index contributed by atoms with van der Waals surface area (Å²) < 4.78 is 5.86. The van der Waals surface area contributed by atoms with Crippen LogP contribution >= 0.6 is 11.6 Å². The quantitative estimate of drug-likeness (QED) is 0.532. The average Bonchev–Trinajstić information content (AvgIpc) is 2.79. The Morgan fingerprint density at radius 2 is 1.94 bits per heavy atom. The summed E-state index contributed by atoms with van der Waals surface area (Å²) in [5.74, 6) is -0.0592. The largest absolute Gasteiger partial charge is 0.481 e. The molecule has 3 aromatic rings. The zero-order valence-electron chi connectivity index (χ0n) is 17.4. The molecule has 160 valence electrons. The van der Waals surface area contributed by atoms with Crippen molar-refractivity contribution in [3.8, 4) is 5.75 Å². The molecule has 2 aromatic carbocycles. The monoisotopic (exact) mass is 437 g/mol. The van der Waals surface area contributed by atoms with E-state index in [1.54, 1.807) is 54.9 Å². The van der Waals surface area contributed by atoms with Crippen LogP contribution in [0, 0.1) is 6.92 Å². The molecule has 0 fully saturated rings. The van der Waals surface area contributed by atoms with Gasteiger partial charge in [0.15, 0.2) is 6.10 Å². The summed E-state index contributed by atoms with van der Waals surface area (Å²) in [7, 11) is 0. The number of nitrogens with one attached hydrogen (secondary N) is 2. The second-order valence-corrected chi connectivity index (χ2v) is 7.41. The van der Waals surface area contributed by atoms with E-state index in [9.17, 15) is 9.59 Å². The molecular weight excluding hydrogens is 414 g/mol. The Labute approximate surface area is 186 Å². The minimum atomic E-state index is -0.716. The number of para-hydroxylation sites is 1. The summed E-state index contributed by atoms with van der Waals surface area (Å²) in [6, 6.07) is 15.8. The van der Waals surface area contributed by atoms with Crippen molar-refractivity contribution in [3.63, 3.8) is 0 Å². The van der Waals surface area contributed by atoms with Crippen LogP contribution in [0.1, 0.15) is 34.8 Å². The summed E-state index contributed by atoms with van der Waals surface area (Å²) >= 11 is 6.06. The number of nitrogens with zero attached hydrogens (tertiary/aromatic N) is 1. The molecule has 2 amide bonds. The molecule has 0 bridgehead atoms. The maximum Gasteiger partial charge on any atom is 0.265 e. The summed E-state index contributed by atoms with van der Waals surface area (Å²) in [6.07, 6.45) is 3.11. The minimum absolute atomic E-state index is 0.290. The molecule has 0 saturated heterocycles. The molecule has 2 N–H and O–H groups in total. The number of anilines is 1. The van der Waals surface area contributed by atoms with Crippen LogP contribution in [0.3, 0.4) is 0 Å². The number of ether oxygens (including phenoxy) is 1.